The Morgan fingerprint density at radius 2 is 1.81 bits per heavy atom. The Kier molecular flexibility index (Phi) is 3.06. The minimum absolute atomic E-state index is 0.253. The molecule has 3 rings (SSSR count). The molecule has 1 heterocycles. The predicted octanol–water partition coefficient (Wildman–Crippen LogP) is 3.20. The first-order valence-corrected chi connectivity index (χ1v) is 6.52. The molecule has 104 valence electrons. The van der Waals surface area contributed by atoms with Crippen LogP contribution in [0, 0.1) is 6.92 Å². The predicted molar refractivity (Wildman–Crippen MR) is 81.7 cm³/mol. The number of hydrogen-bond donors (Lipinski definition) is 2. The average molecular weight is 279 g/mol. The van der Waals surface area contributed by atoms with Crippen LogP contribution in [0.3, 0.4) is 0 Å². The van der Waals surface area contributed by atoms with Gasteiger partial charge in [0.2, 0.25) is 0 Å². The molecule has 2 N–H and O–H groups in total. The highest BCUT2D eigenvalue weighted by Crippen LogP contribution is 2.30. The number of pyridine rings is 1. The minimum atomic E-state index is -1.23. The first-order valence-electron chi connectivity index (χ1n) is 6.52. The monoisotopic (exact) mass is 279 g/mol. The molecule has 0 radical (unpaired) electrons. The summed E-state index contributed by atoms with van der Waals surface area (Å²) in [5, 5.41) is 11.2. The first-order chi connectivity index (χ1) is 10.1. The van der Waals surface area contributed by atoms with Crippen molar-refractivity contribution in [1.29, 1.82) is 0 Å². The number of nitrogens with one attached hydrogen (secondary N) is 1. The van der Waals surface area contributed by atoms with Crippen LogP contribution in [-0.2, 0) is 0 Å². The van der Waals surface area contributed by atoms with Crippen molar-refractivity contribution >= 4 is 16.7 Å². The third-order valence-corrected chi connectivity index (χ3v) is 3.59. The molecule has 0 fully saturated rings. The molecule has 0 aliphatic carbocycles. The Balaban J connectivity index is 2.31. The highest BCUT2D eigenvalue weighted by Gasteiger charge is 2.12. The second-order valence-corrected chi connectivity index (χ2v) is 4.91. The van der Waals surface area contributed by atoms with Gasteiger partial charge in [-0.05, 0) is 40.5 Å². The Hall–Kier alpha value is -2.88. The lowest BCUT2D eigenvalue weighted by Gasteiger charge is -2.09. The summed E-state index contributed by atoms with van der Waals surface area (Å²) in [5.41, 5.74) is 1.88. The standard InChI is InChI=1S/C17H13NO3/c1-10-6-7-13(14-5-3-2-4-12(10)14)11-8-15(17(20)21)16(19)18-9-11/h2-9H,1H3,(H,18,19)(H,20,21). The van der Waals surface area contributed by atoms with Gasteiger partial charge in [-0.25, -0.2) is 4.79 Å². The minimum Gasteiger partial charge on any atom is -0.477 e. The van der Waals surface area contributed by atoms with Crippen molar-refractivity contribution in [2.24, 2.45) is 0 Å². The summed E-state index contributed by atoms with van der Waals surface area (Å²) in [5.74, 6) is -1.23. The highest BCUT2D eigenvalue weighted by atomic mass is 16.4. The van der Waals surface area contributed by atoms with Crippen molar-refractivity contribution in [3.05, 3.63) is 70.1 Å². The van der Waals surface area contributed by atoms with Crippen molar-refractivity contribution < 1.29 is 9.90 Å². The van der Waals surface area contributed by atoms with E-state index in [1.807, 2.05) is 43.3 Å². The molecule has 0 saturated heterocycles. The van der Waals surface area contributed by atoms with Gasteiger partial charge in [0.15, 0.2) is 0 Å². The van der Waals surface area contributed by atoms with E-state index in [1.165, 1.54) is 6.07 Å². The largest absolute Gasteiger partial charge is 0.477 e. The van der Waals surface area contributed by atoms with Crippen LogP contribution in [-0.4, -0.2) is 16.1 Å². The van der Waals surface area contributed by atoms with Crippen LogP contribution < -0.4 is 5.56 Å². The van der Waals surface area contributed by atoms with Crippen LogP contribution in [0.5, 0.6) is 0 Å². The summed E-state index contributed by atoms with van der Waals surface area (Å²) >= 11 is 0. The Morgan fingerprint density at radius 1 is 1.10 bits per heavy atom. The van der Waals surface area contributed by atoms with Gasteiger partial charge in [-0.2, -0.15) is 0 Å². The van der Waals surface area contributed by atoms with Crippen molar-refractivity contribution in [1.82, 2.24) is 4.98 Å². The molecule has 0 spiro atoms. The quantitative estimate of drug-likeness (QED) is 0.756. The maximum atomic E-state index is 11.5. The summed E-state index contributed by atoms with van der Waals surface area (Å²) in [6, 6.07) is 13.3. The van der Waals surface area contributed by atoms with Crippen LogP contribution in [0.25, 0.3) is 21.9 Å². The van der Waals surface area contributed by atoms with Gasteiger partial charge in [0, 0.05) is 6.20 Å². The number of aryl methyl sites for hydroxylation is 1. The number of fused-ring (bicyclic) bond motifs is 1. The second kappa shape index (κ2) is 4.90. The summed E-state index contributed by atoms with van der Waals surface area (Å²) in [4.78, 5) is 25.1. The maximum absolute atomic E-state index is 11.5. The Bertz CT molecular complexity index is 909. The summed E-state index contributed by atoms with van der Waals surface area (Å²) < 4.78 is 0. The maximum Gasteiger partial charge on any atom is 0.341 e. The normalized spacial score (nSPS) is 10.7. The van der Waals surface area contributed by atoms with E-state index >= 15 is 0 Å². The van der Waals surface area contributed by atoms with E-state index in [0.717, 1.165) is 21.9 Å². The van der Waals surface area contributed by atoms with E-state index in [-0.39, 0.29) is 5.56 Å². The van der Waals surface area contributed by atoms with E-state index in [2.05, 4.69) is 4.98 Å². The van der Waals surface area contributed by atoms with Crippen LogP contribution in [0.2, 0.25) is 0 Å². The molecule has 2 aromatic carbocycles. The SMILES string of the molecule is Cc1ccc(-c2c[nH]c(=O)c(C(=O)O)c2)c2ccccc12. The number of hydrogen-bond acceptors (Lipinski definition) is 2. The summed E-state index contributed by atoms with van der Waals surface area (Å²) in [6.07, 6.45) is 1.55. The van der Waals surface area contributed by atoms with E-state index in [0.29, 0.717) is 5.56 Å². The number of carboxylic acids is 1. The van der Waals surface area contributed by atoms with E-state index < -0.39 is 11.5 Å². The van der Waals surface area contributed by atoms with Gasteiger partial charge in [-0.1, -0.05) is 36.4 Å². The molecule has 0 atom stereocenters. The van der Waals surface area contributed by atoms with Crippen LogP contribution in [0.4, 0.5) is 0 Å². The number of aromatic carboxylic acids is 1. The molecule has 3 aromatic rings. The summed E-state index contributed by atoms with van der Waals surface area (Å²) in [6.45, 7) is 2.03. The fraction of sp³-hybridized carbons (Fsp3) is 0.0588. The third kappa shape index (κ3) is 2.21. The lowest BCUT2D eigenvalue weighted by atomic mass is 9.96. The highest BCUT2D eigenvalue weighted by molar-refractivity contribution is 5.99. The van der Waals surface area contributed by atoms with E-state index in [4.69, 9.17) is 5.11 Å². The molecule has 0 unspecified atom stereocenters. The Morgan fingerprint density at radius 3 is 2.52 bits per heavy atom. The zero-order valence-electron chi connectivity index (χ0n) is 11.4. The van der Waals surface area contributed by atoms with Crippen molar-refractivity contribution in [2.75, 3.05) is 0 Å². The molecule has 0 aliphatic heterocycles. The van der Waals surface area contributed by atoms with Crippen molar-refractivity contribution in [3.63, 3.8) is 0 Å². The number of carboxylic acid groups (broad SMARTS) is 1. The molecular formula is C17H13NO3. The fourth-order valence-corrected chi connectivity index (χ4v) is 2.50. The lowest BCUT2D eigenvalue weighted by Crippen LogP contribution is -2.16. The molecule has 1 aromatic heterocycles. The Labute approximate surface area is 120 Å². The number of aromatic nitrogens is 1. The van der Waals surface area contributed by atoms with E-state index in [1.54, 1.807) is 6.20 Å². The average Bonchev–Trinajstić information content (AvgIpc) is 2.48. The molecule has 0 saturated carbocycles. The van der Waals surface area contributed by atoms with Crippen molar-refractivity contribution in [2.45, 2.75) is 6.92 Å². The molecule has 0 bridgehead atoms. The van der Waals surface area contributed by atoms with Crippen LogP contribution in [0.15, 0.2) is 53.5 Å². The smallest absolute Gasteiger partial charge is 0.341 e. The third-order valence-electron chi connectivity index (χ3n) is 3.59. The summed E-state index contributed by atoms with van der Waals surface area (Å²) in [7, 11) is 0. The van der Waals surface area contributed by atoms with Crippen LogP contribution in [0.1, 0.15) is 15.9 Å². The van der Waals surface area contributed by atoms with Gasteiger partial charge in [0.25, 0.3) is 5.56 Å². The molecule has 4 nitrogen and oxygen atoms in total. The molecule has 0 amide bonds. The van der Waals surface area contributed by atoms with Gasteiger partial charge in [0.1, 0.15) is 5.56 Å². The van der Waals surface area contributed by atoms with Crippen LogP contribution >= 0.6 is 0 Å². The van der Waals surface area contributed by atoms with Gasteiger partial charge in [-0.3, -0.25) is 4.79 Å². The topological polar surface area (TPSA) is 70.2 Å². The van der Waals surface area contributed by atoms with Gasteiger partial charge >= 0.3 is 5.97 Å². The van der Waals surface area contributed by atoms with Crippen molar-refractivity contribution in [3.8, 4) is 11.1 Å². The lowest BCUT2D eigenvalue weighted by molar-refractivity contribution is 0.0695. The zero-order chi connectivity index (χ0) is 15.0. The number of H-pyrrole nitrogens is 1. The first kappa shape index (κ1) is 13.1. The molecule has 0 aliphatic rings. The molecule has 21 heavy (non-hydrogen) atoms. The molecular weight excluding hydrogens is 266 g/mol. The number of rotatable bonds is 2. The van der Waals surface area contributed by atoms with Gasteiger partial charge < -0.3 is 10.1 Å². The number of benzene rings is 2. The van der Waals surface area contributed by atoms with E-state index in [9.17, 15) is 9.59 Å². The van der Waals surface area contributed by atoms with Gasteiger partial charge in [0.05, 0.1) is 0 Å². The second-order valence-electron chi connectivity index (χ2n) is 4.91. The fourth-order valence-electron chi connectivity index (χ4n) is 2.50. The zero-order valence-corrected chi connectivity index (χ0v) is 11.4. The molecule has 4 heteroatoms. The number of carbonyl (C=O) groups is 1. The van der Waals surface area contributed by atoms with Gasteiger partial charge in [-0.15, -0.1) is 0 Å². The number of aromatic amines is 1.